The molecule has 0 spiro atoms. The summed E-state index contributed by atoms with van der Waals surface area (Å²) in [5, 5.41) is 0.553. The zero-order valence-corrected chi connectivity index (χ0v) is 14.6. The first kappa shape index (κ1) is 19.8. The van der Waals surface area contributed by atoms with Crippen molar-refractivity contribution < 1.29 is 0 Å². The lowest BCUT2D eigenvalue weighted by Crippen LogP contribution is -2.13. The van der Waals surface area contributed by atoms with Gasteiger partial charge in [-0.3, -0.25) is 4.98 Å². The molecular weight excluding hydrogens is 368 g/mol. The number of hydrogen-bond donors (Lipinski definition) is 4. The molecule has 140 valence electrons. The van der Waals surface area contributed by atoms with Gasteiger partial charge in [-0.15, -0.1) is 0 Å². The summed E-state index contributed by atoms with van der Waals surface area (Å²) >= 11 is 4.89. The van der Waals surface area contributed by atoms with Crippen molar-refractivity contribution in [1.29, 1.82) is 0 Å². The third kappa shape index (κ3) is 4.17. The van der Waals surface area contributed by atoms with E-state index in [1.54, 1.807) is 0 Å². The smallest absolute Gasteiger partial charge is 0.348 e. The Labute approximate surface area is 158 Å². The second-order valence-corrected chi connectivity index (χ2v) is 5.62. The van der Waals surface area contributed by atoms with E-state index in [0.29, 0.717) is 32.8 Å². The summed E-state index contributed by atoms with van der Waals surface area (Å²) < 4.78 is 0.326. The molecule has 0 aliphatic rings. The SMILES string of the molecule is C.Cc1nc2nc(=S)[nH]c(N)c2nc1C.Nc1[nH]c(=O)nc2ncncc12. The van der Waals surface area contributed by atoms with E-state index in [9.17, 15) is 4.79 Å². The monoisotopic (exact) mass is 386 g/mol. The van der Waals surface area contributed by atoms with Gasteiger partial charge in [-0.1, -0.05) is 7.43 Å². The van der Waals surface area contributed by atoms with E-state index < -0.39 is 5.69 Å². The van der Waals surface area contributed by atoms with Crippen LogP contribution in [0.2, 0.25) is 0 Å². The Morgan fingerprint density at radius 1 is 0.963 bits per heavy atom. The Morgan fingerprint density at radius 3 is 2.41 bits per heavy atom. The Kier molecular flexibility index (Phi) is 5.70. The number of H-pyrrole nitrogens is 2. The molecule has 0 unspecified atom stereocenters. The van der Waals surface area contributed by atoms with Crippen molar-refractivity contribution in [3.05, 3.63) is 39.2 Å². The van der Waals surface area contributed by atoms with Gasteiger partial charge in [0.25, 0.3) is 0 Å². The molecule has 12 heteroatoms. The first-order valence-electron chi connectivity index (χ1n) is 7.31. The van der Waals surface area contributed by atoms with E-state index in [4.69, 9.17) is 23.7 Å². The molecule has 6 N–H and O–H groups in total. The number of anilines is 2. The number of fused-ring (bicyclic) bond motifs is 2. The van der Waals surface area contributed by atoms with Gasteiger partial charge in [0.1, 0.15) is 23.5 Å². The van der Waals surface area contributed by atoms with Crippen LogP contribution in [0, 0.1) is 18.6 Å². The summed E-state index contributed by atoms with van der Waals surface area (Å²) in [7, 11) is 0. The molecule has 0 radical (unpaired) electrons. The highest BCUT2D eigenvalue weighted by molar-refractivity contribution is 7.71. The topological polar surface area (TPSA) is 178 Å². The van der Waals surface area contributed by atoms with E-state index in [1.165, 1.54) is 12.5 Å². The van der Waals surface area contributed by atoms with Gasteiger partial charge in [0.2, 0.25) is 4.77 Å². The molecule has 4 rings (SSSR count). The van der Waals surface area contributed by atoms with Gasteiger partial charge in [-0.2, -0.15) is 9.97 Å². The molecule has 0 fully saturated rings. The lowest BCUT2D eigenvalue weighted by molar-refractivity contribution is 1.05. The fourth-order valence-corrected chi connectivity index (χ4v) is 2.25. The summed E-state index contributed by atoms with van der Waals surface area (Å²) in [6, 6.07) is 0. The fourth-order valence-electron chi connectivity index (χ4n) is 2.06. The van der Waals surface area contributed by atoms with E-state index in [1.807, 2.05) is 13.8 Å². The van der Waals surface area contributed by atoms with Crippen LogP contribution in [-0.2, 0) is 0 Å². The number of aryl methyl sites for hydroxylation is 2. The molecule has 4 heterocycles. The molecule has 0 saturated heterocycles. The number of nitrogens with one attached hydrogen (secondary N) is 2. The first-order valence-corrected chi connectivity index (χ1v) is 7.72. The van der Waals surface area contributed by atoms with E-state index in [2.05, 4.69) is 39.9 Å². The Bertz CT molecular complexity index is 1230. The summed E-state index contributed by atoms with van der Waals surface area (Å²) in [6.45, 7) is 3.75. The van der Waals surface area contributed by atoms with Crippen molar-refractivity contribution in [2.24, 2.45) is 0 Å². The third-order valence-corrected chi connectivity index (χ3v) is 3.62. The normalized spacial score (nSPS) is 10.1. The summed E-state index contributed by atoms with van der Waals surface area (Å²) in [4.78, 5) is 39.6. The molecule has 11 nitrogen and oxygen atoms in total. The van der Waals surface area contributed by atoms with Crippen molar-refractivity contribution in [3.8, 4) is 0 Å². The van der Waals surface area contributed by atoms with Gasteiger partial charge in [0.15, 0.2) is 11.3 Å². The Balaban J connectivity index is 0.000000189. The number of nitrogen functional groups attached to an aromatic ring is 2. The van der Waals surface area contributed by atoms with E-state index in [0.717, 1.165) is 11.4 Å². The minimum atomic E-state index is -0.501. The molecule has 0 aliphatic carbocycles. The number of aromatic nitrogens is 8. The molecule has 4 aromatic rings. The minimum Gasteiger partial charge on any atom is -0.384 e. The lowest BCUT2D eigenvalue weighted by Gasteiger charge is -2.03. The first-order chi connectivity index (χ1) is 12.3. The molecule has 0 amide bonds. The lowest BCUT2D eigenvalue weighted by atomic mass is 10.3. The van der Waals surface area contributed by atoms with E-state index in [-0.39, 0.29) is 13.2 Å². The zero-order chi connectivity index (χ0) is 18.8. The van der Waals surface area contributed by atoms with Crippen LogP contribution in [0.3, 0.4) is 0 Å². The van der Waals surface area contributed by atoms with Crippen LogP contribution >= 0.6 is 12.2 Å². The largest absolute Gasteiger partial charge is 0.384 e. The molecule has 0 bridgehead atoms. The maximum Gasteiger partial charge on any atom is 0.348 e. The highest BCUT2D eigenvalue weighted by Gasteiger charge is 2.05. The average molecular weight is 386 g/mol. The molecular formula is C15H18N10OS. The van der Waals surface area contributed by atoms with Gasteiger partial charge in [-0.05, 0) is 26.1 Å². The number of hydrogen-bond acceptors (Lipinski definition) is 10. The second kappa shape index (κ2) is 7.78. The van der Waals surface area contributed by atoms with Gasteiger partial charge in [0, 0.05) is 6.20 Å². The molecule has 0 atom stereocenters. The van der Waals surface area contributed by atoms with Gasteiger partial charge < -0.3 is 16.5 Å². The number of aromatic amines is 2. The van der Waals surface area contributed by atoms with Crippen molar-refractivity contribution >= 4 is 46.1 Å². The van der Waals surface area contributed by atoms with Crippen LogP contribution < -0.4 is 17.2 Å². The summed E-state index contributed by atoms with van der Waals surface area (Å²) in [6.07, 6.45) is 2.81. The number of nitrogens with two attached hydrogens (primary N) is 2. The zero-order valence-electron chi connectivity index (χ0n) is 13.8. The quantitative estimate of drug-likeness (QED) is 0.321. The van der Waals surface area contributed by atoms with Gasteiger partial charge >= 0.3 is 5.69 Å². The predicted molar refractivity (Wildman–Crippen MR) is 106 cm³/mol. The highest BCUT2D eigenvalue weighted by atomic mass is 32.1. The fraction of sp³-hybridized carbons (Fsp3) is 0.200. The standard InChI is InChI=1S/C8H9N5S.C6H5N5O.CH4/c1-3-4(2)11-7-5(10-3)6(9)12-8(14)13-7;7-4-3-1-8-2-9-5(3)11-6(12)10-4;/h1-2H3,(H3,9,11,12,13,14);1-2H,(H3,7,8,9,10,11,12);1H4. The number of rotatable bonds is 0. The van der Waals surface area contributed by atoms with Crippen molar-refractivity contribution in [1.82, 2.24) is 39.9 Å². The van der Waals surface area contributed by atoms with Crippen LogP contribution in [0.15, 0.2) is 17.3 Å². The Hall–Kier alpha value is -3.54. The van der Waals surface area contributed by atoms with Crippen molar-refractivity contribution in [3.63, 3.8) is 0 Å². The number of nitrogens with zero attached hydrogens (tertiary/aromatic N) is 6. The summed E-state index contributed by atoms with van der Waals surface area (Å²) in [5.74, 6) is 0.654. The molecule has 27 heavy (non-hydrogen) atoms. The third-order valence-electron chi connectivity index (χ3n) is 3.42. The van der Waals surface area contributed by atoms with Crippen LogP contribution in [-0.4, -0.2) is 39.9 Å². The maximum atomic E-state index is 10.8. The van der Waals surface area contributed by atoms with Crippen molar-refractivity contribution in [2.75, 3.05) is 11.5 Å². The summed E-state index contributed by atoms with van der Waals surface area (Å²) in [5.41, 5.74) is 13.8. The molecule has 4 aromatic heterocycles. The van der Waals surface area contributed by atoms with Crippen LogP contribution in [0.1, 0.15) is 18.8 Å². The highest BCUT2D eigenvalue weighted by Crippen LogP contribution is 2.14. The van der Waals surface area contributed by atoms with E-state index >= 15 is 0 Å². The Morgan fingerprint density at radius 2 is 1.67 bits per heavy atom. The molecule has 0 saturated carbocycles. The maximum absolute atomic E-state index is 10.8. The minimum absolute atomic E-state index is 0. The molecule has 0 aromatic carbocycles. The van der Waals surface area contributed by atoms with Gasteiger partial charge in [0.05, 0.1) is 16.8 Å². The van der Waals surface area contributed by atoms with Crippen LogP contribution in [0.25, 0.3) is 22.2 Å². The predicted octanol–water partition coefficient (Wildman–Crippen LogP) is 1.21. The van der Waals surface area contributed by atoms with Crippen molar-refractivity contribution in [2.45, 2.75) is 21.3 Å². The second-order valence-electron chi connectivity index (χ2n) is 5.24. The molecule has 0 aliphatic heterocycles. The average Bonchev–Trinajstić information content (AvgIpc) is 2.57. The van der Waals surface area contributed by atoms with Crippen LogP contribution in [0.4, 0.5) is 11.6 Å². The van der Waals surface area contributed by atoms with Gasteiger partial charge in [-0.25, -0.2) is 24.7 Å². The van der Waals surface area contributed by atoms with Crippen LogP contribution in [0.5, 0.6) is 0 Å².